The lowest BCUT2D eigenvalue weighted by molar-refractivity contribution is -0.128. The molecule has 0 aromatic heterocycles. The van der Waals surface area contributed by atoms with E-state index in [1.165, 1.54) is 4.90 Å². The van der Waals surface area contributed by atoms with Crippen LogP contribution in [0.15, 0.2) is 97.2 Å². The van der Waals surface area contributed by atoms with Crippen LogP contribution in [0.4, 0.5) is 11.4 Å². The first-order valence-electron chi connectivity index (χ1n) is 12.5. The molecule has 3 heterocycles. The molecule has 0 saturated carbocycles. The molecule has 2 saturated heterocycles. The fraction of sp³-hybridized carbons (Fsp3) is 0.129. The lowest BCUT2D eigenvalue weighted by Gasteiger charge is -2.35. The molecular weight excluding hydrogens is 498 g/mol. The van der Waals surface area contributed by atoms with Crippen molar-refractivity contribution in [2.45, 2.75) is 12.1 Å². The minimum atomic E-state index is -0.854. The Balaban J connectivity index is 1.32. The van der Waals surface area contributed by atoms with Crippen LogP contribution in [0.1, 0.15) is 17.2 Å². The summed E-state index contributed by atoms with van der Waals surface area (Å²) in [6.45, 7) is 0. The number of nitrogens with zero attached hydrogens (tertiary/aromatic N) is 2. The highest BCUT2D eigenvalue weighted by Gasteiger charge is 2.64. The lowest BCUT2D eigenvalue weighted by atomic mass is 9.84. The average Bonchev–Trinajstić information content (AvgIpc) is 3.42. The second-order valence-corrected chi connectivity index (χ2v) is 10.3. The van der Waals surface area contributed by atoms with Crippen molar-refractivity contribution >= 4 is 57.5 Å². The number of benzene rings is 4. The van der Waals surface area contributed by atoms with Gasteiger partial charge in [-0.15, -0.1) is 0 Å². The van der Waals surface area contributed by atoms with E-state index in [-0.39, 0.29) is 17.7 Å². The third-order valence-electron chi connectivity index (χ3n) is 7.83. The molecule has 3 aliphatic rings. The van der Waals surface area contributed by atoms with E-state index >= 15 is 0 Å². The van der Waals surface area contributed by atoms with E-state index in [0.29, 0.717) is 16.4 Å². The average molecular weight is 520 g/mol. The highest BCUT2D eigenvalue weighted by atomic mass is 35.5. The molecule has 186 valence electrons. The number of carbonyl (C=O) groups is 3. The Hall–Kier alpha value is -4.42. The monoisotopic (exact) mass is 519 g/mol. The maximum absolute atomic E-state index is 14.1. The quantitative estimate of drug-likeness (QED) is 0.355. The van der Waals surface area contributed by atoms with Gasteiger partial charge < -0.3 is 10.2 Å². The molecule has 4 aromatic carbocycles. The number of hydrogen-bond acceptors (Lipinski definition) is 4. The number of hydrogen-bond donors (Lipinski definition) is 1. The van der Waals surface area contributed by atoms with Gasteiger partial charge in [-0.25, -0.2) is 4.90 Å². The molecule has 7 rings (SSSR count). The van der Waals surface area contributed by atoms with E-state index in [2.05, 4.69) is 5.32 Å². The predicted molar refractivity (Wildman–Crippen MR) is 147 cm³/mol. The van der Waals surface area contributed by atoms with Gasteiger partial charge in [0, 0.05) is 16.9 Å². The smallest absolute Gasteiger partial charge is 0.247 e. The Morgan fingerprint density at radius 3 is 2.32 bits per heavy atom. The first-order chi connectivity index (χ1) is 18.5. The molecule has 2 fully saturated rings. The summed E-state index contributed by atoms with van der Waals surface area (Å²) in [4.78, 5) is 45.1. The summed E-state index contributed by atoms with van der Waals surface area (Å²) in [5.74, 6) is -2.50. The topological polar surface area (TPSA) is 69.7 Å². The molecule has 4 atom stereocenters. The standard InChI is InChI=1S/C31H22ClN3O3/c32-21-10-12-22(13-11-21)33-29(36)28-26-25(27-24-8-4-3-6-19(24)15-16-34(27)28)30(37)35(31(26)38)23-14-9-18-5-1-2-7-20(18)17-23/h1-17,25-28H,(H,33,36)/t25-,26+,27-,28-/m0/s1. The van der Waals surface area contributed by atoms with E-state index in [9.17, 15) is 14.4 Å². The SMILES string of the molecule is O=C(Nc1ccc(Cl)cc1)[C@@H]1[C@@H]2C(=O)N(c3ccc4ccccc4c3)C(=O)[C@@H]2[C@@H]2c3ccccc3C=CN12. The molecule has 3 aliphatic heterocycles. The van der Waals surface area contributed by atoms with Gasteiger partial charge in [-0.05, 0) is 64.4 Å². The maximum atomic E-state index is 14.1. The minimum absolute atomic E-state index is 0.280. The summed E-state index contributed by atoms with van der Waals surface area (Å²) in [6, 6.07) is 26.8. The molecule has 7 heteroatoms. The summed E-state index contributed by atoms with van der Waals surface area (Å²) in [7, 11) is 0. The number of halogens is 1. The van der Waals surface area contributed by atoms with E-state index in [4.69, 9.17) is 11.6 Å². The second-order valence-electron chi connectivity index (χ2n) is 9.87. The molecular formula is C31H22ClN3O3. The number of carbonyl (C=O) groups excluding carboxylic acids is 3. The lowest BCUT2D eigenvalue weighted by Crippen LogP contribution is -2.46. The van der Waals surface area contributed by atoms with E-state index in [1.54, 1.807) is 30.3 Å². The molecule has 0 radical (unpaired) electrons. The Morgan fingerprint density at radius 2 is 1.50 bits per heavy atom. The van der Waals surface area contributed by atoms with Crippen molar-refractivity contribution in [3.63, 3.8) is 0 Å². The highest BCUT2D eigenvalue weighted by molar-refractivity contribution is 6.30. The Bertz CT molecular complexity index is 1660. The van der Waals surface area contributed by atoms with Crippen LogP contribution in [0.25, 0.3) is 16.8 Å². The van der Waals surface area contributed by atoms with Crippen LogP contribution in [-0.2, 0) is 14.4 Å². The van der Waals surface area contributed by atoms with E-state index in [1.807, 2.05) is 77.8 Å². The Labute approximate surface area is 224 Å². The summed E-state index contributed by atoms with van der Waals surface area (Å²) < 4.78 is 0. The Morgan fingerprint density at radius 1 is 0.789 bits per heavy atom. The normalized spacial score (nSPS) is 23.4. The van der Waals surface area contributed by atoms with Crippen LogP contribution in [0.2, 0.25) is 5.02 Å². The van der Waals surface area contributed by atoms with Crippen LogP contribution in [-0.4, -0.2) is 28.7 Å². The second kappa shape index (κ2) is 8.57. The van der Waals surface area contributed by atoms with Crippen molar-refractivity contribution in [1.82, 2.24) is 4.90 Å². The van der Waals surface area contributed by atoms with Crippen LogP contribution in [0, 0.1) is 11.8 Å². The fourth-order valence-corrected chi connectivity index (χ4v) is 6.30. The zero-order valence-electron chi connectivity index (χ0n) is 20.1. The van der Waals surface area contributed by atoms with Gasteiger partial charge in [0.1, 0.15) is 6.04 Å². The van der Waals surface area contributed by atoms with Gasteiger partial charge in [0.25, 0.3) is 0 Å². The van der Waals surface area contributed by atoms with Gasteiger partial charge in [-0.1, -0.05) is 66.2 Å². The van der Waals surface area contributed by atoms with Gasteiger partial charge in [0.05, 0.1) is 23.6 Å². The molecule has 4 aromatic rings. The van der Waals surface area contributed by atoms with Gasteiger partial charge >= 0.3 is 0 Å². The number of rotatable bonds is 3. The molecule has 38 heavy (non-hydrogen) atoms. The molecule has 0 spiro atoms. The maximum Gasteiger partial charge on any atom is 0.247 e. The third-order valence-corrected chi connectivity index (χ3v) is 8.09. The number of fused-ring (bicyclic) bond motifs is 6. The molecule has 0 bridgehead atoms. The van der Waals surface area contributed by atoms with Crippen LogP contribution < -0.4 is 10.2 Å². The first-order valence-corrected chi connectivity index (χ1v) is 12.9. The third kappa shape index (κ3) is 3.37. The zero-order valence-corrected chi connectivity index (χ0v) is 20.9. The van der Waals surface area contributed by atoms with Crippen molar-refractivity contribution in [2.75, 3.05) is 10.2 Å². The molecule has 1 N–H and O–H groups in total. The van der Waals surface area contributed by atoms with Crippen molar-refractivity contribution in [3.05, 3.63) is 113 Å². The van der Waals surface area contributed by atoms with Crippen LogP contribution >= 0.6 is 11.6 Å². The summed E-state index contributed by atoms with van der Waals surface area (Å²) >= 11 is 6.02. The van der Waals surface area contributed by atoms with Crippen molar-refractivity contribution < 1.29 is 14.4 Å². The number of anilines is 2. The van der Waals surface area contributed by atoms with Crippen molar-refractivity contribution in [1.29, 1.82) is 0 Å². The number of nitrogens with one attached hydrogen (secondary N) is 1. The van der Waals surface area contributed by atoms with Gasteiger partial charge in [-0.2, -0.15) is 0 Å². The summed E-state index contributed by atoms with van der Waals surface area (Å²) in [5, 5.41) is 5.46. The highest BCUT2D eigenvalue weighted by Crippen LogP contribution is 2.53. The number of amides is 3. The van der Waals surface area contributed by atoms with Crippen molar-refractivity contribution in [3.8, 4) is 0 Å². The summed E-state index contributed by atoms with van der Waals surface area (Å²) in [6.07, 6.45) is 3.78. The van der Waals surface area contributed by atoms with Crippen LogP contribution in [0.3, 0.4) is 0 Å². The molecule has 6 nitrogen and oxygen atoms in total. The molecule has 0 aliphatic carbocycles. The van der Waals surface area contributed by atoms with Crippen molar-refractivity contribution in [2.24, 2.45) is 11.8 Å². The zero-order chi connectivity index (χ0) is 26.0. The molecule has 0 unspecified atom stereocenters. The van der Waals surface area contributed by atoms with E-state index < -0.39 is 23.9 Å². The van der Waals surface area contributed by atoms with E-state index in [0.717, 1.165) is 21.9 Å². The fourth-order valence-electron chi connectivity index (χ4n) is 6.18. The van der Waals surface area contributed by atoms with Gasteiger partial charge in [0.2, 0.25) is 17.7 Å². The van der Waals surface area contributed by atoms with Gasteiger partial charge in [-0.3, -0.25) is 14.4 Å². The first kappa shape index (κ1) is 22.8. The summed E-state index contributed by atoms with van der Waals surface area (Å²) in [5.41, 5.74) is 3.02. The molecule has 3 amide bonds. The Kier molecular flexibility index (Phi) is 5.13. The predicted octanol–water partition coefficient (Wildman–Crippen LogP) is 5.65. The van der Waals surface area contributed by atoms with Gasteiger partial charge in [0.15, 0.2) is 0 Å². The largest absolute Gasteiger partial charge is 0.357 e. The number of imide groups is 1. The minimum Gasteiger partial charge on any atom is -0.357 e. The van der Waals surface area contributed by atoms with Crippen LogP contribution in [0.5, 0.6) is 0 Å².